The molecule has 1 aliphatic rings. The van der Waals surface area contributed by atoms with E-state index in [2.05, 4.69) is 5.32 Å². The normalized spacial score (nSPS) is 15.3. The van der Waals surface area contributed by atoms with E-state index in [1.54, 1.807) is 4.90 Å². The number of rotatable bonds is 5. The van der Waals surface area contributed by atoms with Crippen LogP contribution in [0.4, 0.5) is 9.18 Å². The number of Topliss-reactive ketones (excluding diaryl/α,β-unsaturated/α-hetero) is 1. The van der Waals surface area contributed by atoms with Crippen molar-refractivity contribution in [1.29, 1.82) is 0 Å². The van der Waals surface area contributed by atoms with Crippen LogP contribution in [0.25, 0.3) is 0 Å². The third-order valence-corrected chi connectivity index (χ3v) is 3.90. The van der Waals surface area contributed by atoms with Crippen LogP contribution in [0.1, 0.15) is 29.6 Å². The highest BCUT2D eigenvalue weighted by molar-refractivity contribution is 5.98. The lowest BCUT2D eigenvalue weighted by Crippen LogP contribution is -2.45. The molecule has 0 atom stereocenters. The number of piperidine rings is 1. The van der Waals surface area contributed by atoms with Crippen molar-refractivity contribution in [2.24, 2.45) is 5.92 Å². The second kappa shape index (κ2) is 7.71. The lowest BCUT2D eigenvalue weighted by molar-refractivity contribution is -0.136. The first-order valence-corrected chi connectivity index (χ1v) is 7.51. The van der Waals surface area contributed by atoms with Crippen LogP contribution in [0.3, 0.4) is 0 Å². The molecule has 2 rings (SSSR count). The second-order valence-corrected chi connectivity index (χ2v) is 5.51. The molecule has 1 fully saturated rings. The van der Waals surface area contributed by atoms with Crippen molar-refractivity contribution in [2.45, 2.75) is 19.3 Å². The molecular formula is C16H19FN2O4. The van der Waals surface area contributed by atoms with Crippen molar-refractivity contribution < 1.29 is 23.9 Å². The number of likely N-dealkylation sites (tertiary alicyclic amines) is 1. The molecule has 23 heavy (non-hydrogen) atoms. The number of halogens is 1. The van der Waals surface area contributed by atoms with Crippen LogP contribution >= 0.6 is 0 Å². The van der Waals surface area contributed by atoms with Gasteiger partial charge in [0.1, 0.15) is 5.82 Å². The number of nitrogens with one attached hydrogen (secondary N) is 1. The number of carbonyl (C=O) groups excluding carboxylic acids is 2. The maximum Gasteiger partial charge on any atom is 0.317 e. The van der Waals surface area contributed by atoms with E-state index in [1.807, 2.05) is 0 Å². The van der Waals surface area contributed by atoms with Crippen LogP contribution in [0.5, 0.6) is 0 Å². The number of benzene rings is 1. The minimum atomic E-state index is -0.964. The average molecular weight is 322 g/mol. The summed E-state index contributed by atoms with van der Waals surface area (Å²) in [4.78, 5) is 36.2. The largest absolute Gasteiger partial charge is 0.481 e. The zero-order valence-electron chi connectivity index (χ0n) is 12.6. The number of urea groups is 1. The minimum Gasteiger partial charge on any atom is -0.481 e. The Labute approximate surface area is 133 Å². The molecular weight excluding hydrogens is 303 g/mol. The molecule has 1 aliphatic heterocycles. The van der Waals surface area contributed by atoms with Crippen LogP contribution in [0.15, 0.2) is 24.3 Å². The molecule has 1 heterocycles. The summed E-state index contributed by atoms with van der Waals surface area (Å²) in [6, 6.07) is 5.17. The molecule has 1 saturated heterocycles. The van der Waals surface area contributed by atoms with Gasteiger partial charge in [-0.25, -0.2) is 9.18 Å². The van der Waals surface area contributed by atoms with Crippen molar-refractivity contribution in [3.8, 4) is 0 Å². The van der Waals surface area contributed by atoms with Gasteiger partial charge in [-0.3, -0.25) is 9.59 Å². The Balaban J connectivity index is 1.81. The molecule has 0 aromatic heterocycles. The fourth-order valence-corrected chi connectivity index (χ4v) is 2.58. The van der Waals surface area contributed by atoms with E-state index in [9.17, 15) is 18.8 Å². The number of carboxylic acid groups (broad SMARTS) is 1. The molecule has 0 saturated carbocycles. The Morgan fingerprint density at radius 3 is 2.35 bits per heavy atom. The van der Waals surface area contributed by atoms with E-state index in [0.717, 1.165) is 0 Å². The summed E-state index contributed by atoms with van der Waals surface area (Å²) in [5.74, 6) is -1.55. The highest BCUT2D eigenvalue weighted by atomic mass is 19.1. The van der Waals surface area contributed by atoms with Gasteiger partial charge in [0, 0.05) is 31.1 Å². The fraction of sp³-hybridized carbons (Fsp3) is 0.438. The van der Waals surface area contributed by atoms with Crippen LogP contribution < -0.4 is 5.32 Å². The second-order valence-electron chi connectivity index (χ2n) is 5.51. The van der Waals surface area contributed by atoms with Crippen LogP contribution in [-0.4, -0.2) is 47.4 Å². The summed E-state index contributed by atoms with van der Waals surface area (Å²) in [6.45, 7) is 0.968. The van der Waals surface area contributed by atoms with Crippen LogP contribution in [0, 0.1) is 11.7 Å². The predicted octanol–water partition coefficient (Wildman–Crippen LogP) is 1.90. The number of carbonyl (C=O) groups is 3. The number of ketones is 1. The molecule has 1 aromatic rings. The Kier molecular flexibility index (Phi) is 5.67. The zero-order chi connectivity index (χ0) is 16.8. The summed E-state index contributed by atoms with van der Waals surface area (Å²) >= 11 is 0. The van der Waals surface area contributed by atoms with E-state index in [0.29, 0.717) is 31.5 Å². The average Bonchev–Trinajstić information content (AvgIpc) is 2.54. The van der Waals surface area contributed by atoms with Gasteiger partial charge in [0.05, 0.1) is 6.42 Å². The number of hydrogen-bond acceptors (Lipinski definition) is 3. The number of hydrogen-bond donors (Lipinski definition) is 2. The molecule has 2 N–H and O–H groups in total. The quantitative estimate of drug-likeness (QED) is 0.811. The Bertz CT molecular complexity index is 580. The van der Waals surface area contributed by atoms with E-state index in [-0.39, 0.29) is 36.5 Å². The topological polar surface area (TPSA) is 86.7 Å². The standard InChI is InChI=1S/C16H19FN2O4/c17-13-3-1-11(2-4-13)15(22)12-6-9-19(10-7-12)16(23)18-8-5-14(20)21/h1-4,12H,5-10H2,(H,18,23)(H,20,21). The zero-order valence-corrected chi connectivity index (χ0v) is 12.6. The fourth-order valence-electron chi connectivity index (χ4n) is 2.58. The Morgan fingerprint density at radius 2 is 1.78 bits per heavy atom. The minimum absolute atomic E-state index is 0.0315. The summed E-state index contributed by atoms with van der Waals surface area (Å²) < 4.78 is 12.9. The first-order chi connectivity index (χ1) is 11.0. The van der Waals surface area contributed by atoms with Crippen molar-refractivity contribution in [1.82, 2.24) is 10.2 Å². The molecule has 0 unspecified atom stereocenters. The molecule has 1 aromatic carbocycles. The number of nitrogens with zero attached hydrogens (tertiary/aromatic N) is 1. The molecule has 124 valence electrons. The summed E-state index contributed by atoms with van der Waals surface area (Å²) in [5, 5.41) is 11.1. The molecule has 2 amide bonds. The van der Waals surface area contributed by atoms with Gasteiger partial charge < -0.3 is 15.3 Å². The van der Waals surface area contributed by atoms with Gasteiger partial charge in [0.25, 0.3) is 0 Å². The van der Waals surface area contributed by atoms with Gasteiger partial charge in [-0.1, -0.05) is 0 Å². The highest BCUT2D eigenvalue weighted by Crippen LogP contribution is 2.22. The Morgan fingerprint density at radius 1 is 1.17 bits per heavy atom. The molecule has 0 spiro atoms. The third-order valence-electron chi connectivity index (χ3n) is 3.90. The monoisotopic (exact) mass is 322 g/mol. The molecule has 0 bridgehead atoms. The van der Waals surface area contributed by atoms with E-state index in [1.165, 1.54) is 24.3 Å². The molecule has 0 radical (unpaired) electrons. The van der Waals surface area contributed by atoms with Crippen LogP contribution in [0.2, 0.25) is 0 Å². The van der Waals surface area contributed by atoms with Gasteiger partial charge in [-0.15, -0.1) is 0 Å². The smallest absolute Gasteiger partial charge is 0.317 e. The van der Waals surface area contributed by atoms with E-state index in [4.69, 9.17) is 5.11 Å². The summed E-state index contributed by atoms with van der Waals surface area (Å²) in [5.41, 5.74) is 0.482. The predicted molar refractivity (Wildman–Crippen MR) is 80.7 cm³/mol. The third kappa shape index (κ3) is 4.77. The van der Waals surface area contributed by atoms with Gasteiger partial charge in [-0.05, 0) is 37.1 Å². The number of aliphatic carboxylic acids is 1. The number of amides is 2. The first kappa shape index (κ1) is 16.9. The molecule has 6 nitrogen and oxygen atoms in total. The lowest BCUT2D eigenvalue weighted by Gasteiger charge is -2.31. The van der Waals surface area contributed by atoms with Crippen molar-refractivity contribution in [3.05, 3.63) is 35.6 Å². The van der Waals surface area contributed by atoms with Gasteiger partial charge in [-0.2, -0.15) is 0 Å². The maximum atomic E-state index is 12.9. The first-order valence-electron chi connectivity index (χ1n) is 7.51. The number of carboxylic acids is 1. The summed E-state index contributed by atoms with van der Waals surface area (Å²) in [7, 11) is 0. The molecule has 0 aliphatic carbocycles. The maximum absolute atomic E-state index is 12.9. The van der Waals surface area contributed by atoms with E-state index < -0.39 is 5.97 Å². The molecule has 7 heteroatoms. The van der Waals surface area contributed by atoms with Gasteiger partial charge in [0.2, 0.25) is 0 Å². The van der Waals surface area contributed by atoms with Crippen LogP contribution in [-0.2, 0) is 4.79 Å². The van der Waals surface area contributed by atoms with E-state index >= 15 is 0 Å². The van der Waals surface area contributed by atoms with Crippen molar-refractivity contribution in [2.75, 3.05) is 19.6 Å². The highest BCUT2D eigenvalue weighted by Gasteiger charge is 2.27. The summed E-state index contributed by atoms with van der Waals surface area (Å²) in [6.07, 6.45) is 0.969. The van der Waals surface area contributed by atoms with Gasteiger partial charge in [0.15, 0.2) is 5.78 Å². The van der Waals surface area contributed by atoms with Gasteiger partial charge >= 0.3 is 12.0 Å². The van der Waals surface area contributed by atoms with Crippen molar-refractivity contribution >= 4 is 17.8 Å². The SMILES string of the molecule is O=C(O)CCNC(=O)N1CCC(C(=O)c2ccc(F)cc2)CC1. The Hall–Kier alpha value is -2.44. The van der Waals surface area contributed by atoms with Crippen molar-refractivity contribution in [3.63, 3.8) is 0 Å². The lowest BCUT2D eigenvalue weighted by atomic mass is 9.89.